The Morgan fingerprint density at radius 1 is 0.554 bits per heavy atom. The van der Waals surface area contributed by atoms with Crippen molar-refractivity contribution in [3.63, 3.8) is 0 Å². The molecule has 0 aromatic heterocycles. The largest absolute Gasteiger partial charge is 0.459 e. The van der Waals surface area contributed by atoms with E-state index in [0.717, 1.165) is 45.9 Å². The predicted octanol–water partition coefficient (Wildman–Crippen LogP) is 11.8. The first-order valence-corrected chi connectivity index (χ1v) is 24.1. The molecule has 1 heterocycles. The van der Waals surface area contributed by atoms with Gasteiger partial charge in [-0.15, -0.1) is 0 Å². The maximum atomic E-state index is 12.4. The van der Waals surface area contributed by atoms with Crippen LogP contribution in [0.25, 0.3) is 21.5 Å². The summed E-state index contributed by atoms with van der Waals surface area (Å²) in [5.41, 5.74) is 1.06. The minimum atomic E-state index is -0.671. The number of hydrogen-bond acceptors (Lipinski definition) is 10. The number of carbonyl (C=O) groups is 2. The molecule has 4 aromatic carbocycles. The second-order valence-corrected chi connectivity index (χ2v) is 18.2. The zero-order valence-corrected chi connectivity index (χ0v) is 41.0. The number of fused-ring (bicyclic) bond motifs is 2. The molecule has 3 saturated carbocycles. The van der Waals surface area contributed by atoms with Gasteiger partial charge in [0.2, 0.25) is 0 Å². The van der Waals surface area contributed by atoms with Crippen molar-refractivity contribution in [3.8, 4) is 0 Å². The molecule has 2 N–H and O–H groups in total. The molecule has 10 heteroatoms. The highest BCUT2D eigenvalue weighted by atomic mass is 16.6. The molecule has 4 fully saturated rings. The number of esters is 2. The molecule has 9 unspecified atom stereocenters. The fourth-order valence-electron chi connectivity index (χ4n) is 8.35. The van der Waals surface area contributed by atoms with Gasteiger partial charge in [0.05, 0.1) is 54.4 Å². The van der Waals surface area contributed by atoms with Gasteiger partial charge in [0, 0.05) is 21.3 Å². The van der Waals surface area contributed by atoms with Crippen molar-refractivity contribution >= 4 is 33.5 Å². The van der Waals surface area contributed by atoms with E-state index in [1.54, 1.807) is 38.1 Å². The van der Waals surface area contributed by atoms with Crippen molar-refractivity contribution in [1.82, 2.24) is 0 Å². The summed E-state index contributed by atoms with van der Waals surface area (Å²) in [7, 11) is 5.48. The minimum absolute atomic E-state index is 0.00359. The molecule has 362 valence electrons. The van der Waals surface area contributed by atoms with E-state index in [4.69, 9.17) is 33.5 Å². The number of epoxide rings is 1. The van der Waals surface area contributed by atoms with Crippen molar-refractivity contribution < 1.29 is 48.2 Å². The van der Waals surface area contributed by atoms with Crippen LogP contribution in [-0.4, -0.2) is 99.9 Å². The van der Waals surface area contributed by atoms with E-state index >= 15 is 0 Å². The Labute approximate surface area is 390 Å². The first kappa shape index (κ1) is 55.4. The lowest BCUT2D eigenvalue weighted by Crippen LogP contribution is -2.23. The first-order valence-electron chi connectivity index (χ1n) is 24.1. The second-order valence-electron chi connectivity index (χ2n) is 18.2. The van der Waals surface area contributed by atoms with Gasteiger partial charge < -0.3 is 38.6 Å². The summed E-state index contributed by atoms with van der Waals surface area (Å²) in [4.78, 5) is 23.7. The van der Waals surface area contributed by atoms with Crippen molar-refractivity contribution in [2.24, 2.45) is 17.8 Å². The van der Waals surface area contributed by atoms with Crippen LogP contribution in [0, 0.1) is 17.8 Å². The van der Waals surface area contributed by atoms with Crippen LogP contribution >= 0.6 is 0 Å². The highest BCUT2D eigenvalue weighted by Gasteiger charge is 2.22. The van der Waals surface area contributed by atoms with E-state index in [2.05, 4.69) is 33.8 Å². The molecule has 4 aliphatic rings. The molecule has 9 atom stereocenters. The lowest BCUT2D eigenvalue weighted by Gasteiger charge is -2.26. The maximum absolute atomic E-state index is 12.4. The average molecular weight is 903 g/mol. The summed E-state index contributed by atoms with van der Waals surface area (Å²) in [6.07, 6.45) is 17.2. The van der Waals surface area contributed by atoms with Crippen LogP contribution in [0.5, 0.6) is 0 Å². The summed E-state index contributed by atoms with van der Waals surface area (Å²) in [5, 5.41) is 21.9. The van der Waals surface area contributed by atoms with Gasteiger partial charge in [-0.1, -0.05) is 126 Å². The summed E-state index contributed by atoms with van der Waals surface area (Å²) >= 11 is 0. The molecule has 4 aromatic rings. The fourth-order valence-corrected chi connectivity index (χ4v) is 8.35. The number of rotatable bonds is 9. The van der Waals surface area contributed by atoms with E-state index in [1.165, 1.54) is 77.0 Å². The topological polar surface area (TPSA) is 133 Å². The maximum Gasteiger partial charge on any atom is 0.339 e. The van der Waals surface area contributed by atoms with Gasteiger partial charge >= 0.3 is 11.9 Å². The third-order valence-corrected chi connectivity index (χ3v) is 12.4. The Balaban J connectivity index is 0.000000221. The number of aliphatic hydroxyl groups is 2. The smallest absolute Gasteiger partial charge is 0.339 e. The zero-order chi connectivity index (χ0) is 47.6. The molecular formula is C55H82O10. The van der Waals surface area contributed by atoms with Crippen LogP contribution in [0.15, 0.2) is 84.9 Å². The molecule has 0 bridgehead atoms. The Bertz CT molecular complexity index is 1790. The molecule has 1 saturated heterocycles. The van der Waals surface area contributed by atoms with Gasteiger partial charge in [0.15, 0.2) is 0 Å². The molecule has 0 amide bonds. The third-order valence-electron chi connectivity index (χ3n) is 12.4. The van der Waals surface area contributed by atoms with Gasteiger partial charge in [0.25, 0.3) is 0 Å². The van der Waals surface area contributed by atoms with Crippen molar-refractivity contribution in [2.45, 2.75) is 155 Å². The summed E-state index contributed by atoms with van der Waals surface area (Å²) in [6.45, 7) is 13.1. The van der Waals surface area contributed by atoms with Crippen LogP contribution in [-0.2, 0) is 28.4 Å². The molecule has 10 nitrogen and oxygen atoms in total. The standard InChI is InChI=1S/C18H16O3.C10H12O3.3C8H16O.C3H6O/c1-12(19)11-21-18(20)17-15-8-4-2-6-13(15)10-14-7-3-5-9-16(14)17;1-8(11)7-13-10(12)9-5-3-2-4-6-9;3*1-7-5-3-4-6-8(7)9-2;1-3-2-4-3/h2-10,12,19H,11H2,1H3;2-6,8,11H,7H2,1H3;3*7-8H,3-6H2,1-2H3;3H,2H2,1H3. The van der Waals surface area contributed by atoms with Crippen LogP contribution < -0.4 is 0 Å². The number of ether oxygens (including phenoxy) is 6. The van der Waals surface area contributed by atoms with Gasteiger partial charge in [-0.3, -0.25) is 0 Å². The van der Waals surface area contributed by atoms with E-state index in [-0.39, 0.29) is 13.2 Å². The van der Waals surface area contributed by atoms with Crippen LogP contribution in [0.4, 0.5) is 0 Å². The van der Waals surface area contributed by atoms with E-state index < -0.39 is 24.1 Å². The van der Waals surface area contributed by atoms with Gasteiger partial charge in [-0.05, 0) is 117 Å². The zero-order valence-electron chi connectivity index (χ0n) is 41.0. The summed E-state index contributed by atoms with van der Waals surface area (Å²) in [6, 6.07) is 26.3. The quantitative estimate of drug-likeness (QED) is 0.0950. The Morgan fingerprint density at radius 3 is 1.22 bits per heavy atom. The molecule has 8 rings (SSSR count). The lowest BCUT2D eigenvalue weighted by molar-refractivity contribution is 0.0294. The number of benzene rings is 4. The molecule has 3 aliphatic carbocycles. The highest BCUT2D eigenvalue weighted by molar-refractivity contribution is 6.16. The Kier molecular flexibility index (Phi) is 26.6. The van der Waals surface area contributed by atoms with Gasteiger partial charge in [-0.2, -0.15) is 0 Å². The molecule has 1 aliphatic heterocycles. The minimum Gasteiger partial charge on any atom is -0.459 e. The second kappa shape index (κ2) is 31.1. The van der Waals surface area contributed by atoms with Crippen molar-refractivity contribution in [2.75, 3.05) is 41.2 Å². The predicted molar refractivity (Wildman–Crippen MR) is 263 cm³/mol. The summed E-state index contributed by atoms with van der Waals surface area (Å²) in [5.74, 6) is 1.58. The lowest BCUT2D eigenvalue weighted by atomic mass is 9.88. The number of carbonyl (C=O) groups excluding carboxylic acids is 2. The highest BCUT2D eigenvalue weighted by Crippen LogP contribution is 2.30. The van der Waals surface area contributed by atoms with Gasteiger partial charge in [0.1, 0.15) is 13.2 Å². The van der Waals surface area contributed by atoms with Crippen molar-refractivity contribution in [1.29, 1.82) is 0 Å². The number of methoxy groups -OCH3 is 3. The van der Waals surface area contributed by atoms with E-state index in [0.29, 0.717) is 35.5 Å². The SMILES string of the molecule is CC(O)COC(=O)c1c2ccccc2cc2ccccc12.CC(O)COC(=O)c1ccccc1.CC1CO1.COC1CCCCC1C.COC1CCCCC1C.COC1CCCCC1C. The molecular weight excluding hydrogens is 821 g/mol. The molecule has 0 radical (unpaired) electrons. The monoisotopic (exact) mass is 903 g/mol. The molecule has 0 spiro atoms. The average Bonchev–Trinajstić information content (AvgIpc) is 4.12. The van der Waals surface area contributed by atoms with E-state index in [9.17, 15) is 14.7 Å². The van der Waals surface area contributed by atoms with Gasteiger partial charge in [-0.25, -0.2) is 9.59 Å². The normalized spacial score (nSPS) is 24.1. The van der Waals surface area contributed by atoms with Crippen molar-refractivity contribution in [3.05, 3.63) is 96.1 Å². The van der Waals surface area contributed by atoms with Crippen LogP contribution in [0.1, 0.15) is 139 Å². The number of aliphatic hydroxyl groups excluding tert-OH is 2. The van der Waals surface area contributed by atoms with Crippen LogP contribution in [0.2, 0.25) is 0 Å². The first-order chi connectivity index (χ1) is 31.3. The Hall–Kier alpha value is -3.90. The number of hydrogen-bond donors (Lipinski definition) is 2. The third kappa shape index (κ3) is 21.1. The summed E-state index contributed by atoms with van der Waals surface area (Å²) < 4.78 is 30.6. The molecule has 65 heavy (non-hydrogen) atoms. The van der Waals surface area contributed by atoms with E-state index in [1.807, 2.05) is 75.9 Å². The Morgan fingerprint density at radius 2 is 0.892 bits per heavy atom. The fraction of sp³-hybridized carbons (Fsp3) is 0.600. The van der Waals surface area contributed by atoms with Crippen LogP contribution in [0.3, 0.4) is 0 Å².